The number of carbonyl (C=O) groups is 1. The first kappa shape index (κ1) is 13.3. The Morgan fingerprint density at radius 2 is 2.11 bits per heavy atom. The van der Waals surface area contributed by atoms with E-state index in [1.54, 1.807) is 12.1 Å². The maximum atomic E-state index is 11.6. The van der Waals surface area contributed by atoms with Crippen LogP contribution in [0.4, 0.5) is 0 Å². The van der Waals surface area contributed by atoms with E-state index in [-0.39, 0.29) is 10.6 Å². The van der Waals surface area contributed by atoms with Gasteiger partial charge in [0.25, 0.3) is 0 Å². The zero-order chi connectivity index (χ0) is 13.3. The third-order valence-electron chi connectivity index (χ3n) is 2.33. The van der Waals surface area contributed by atoms with Crippen LogP contribution in [0.15, 0.2) is 17.5 Å². The van der Waals surface area contributed by atoms with E-state index in [1.165, 1.54) is 18.4 Å². The second-order valence-corrected chi connectivity index (χ2v) is 5.21. The molecule has 1 aromatic carbocycles. The SMILES string of the molecule is COC(=O)c1ccc(Cl)c(-c2nc(C)cs2)c1Cl. The monoisotopic (exact) mass is 301 g/mol. The molecule has 0 aliphatic rings. The molecule has 6 heteroatoms. The smallest absolute Gasteiger partial charge is 0.339 e. The minimum atomic E-state index is -0.494. The molecule has 0 aliphatic carbocycles. The molecule has 2 rings (SSSR count). The first-order valence-corrected chi connectivity index (χ1v) is 6.67. The van der Waals surface area contributed by atoms with Crippen molar-refractivity contribution in [3.05, 3.63) is 38.8 Å². The van der Waals surface area contributed by atoms with Gasteiger partial charge in [0.1, 0.15) is 5.01 Å². The van der Waals surface area contributed by atoms with Crippen LogP contribution in [0.3, 0.4) is 0 Å². The highest BCUT2D eigenvalue weighted by molar-refractivity contribution is 7.13. The van der Waals surface area contributed by atoms with Gasteiger partial charge in [-0.15, -0.1) is 11.3 Å². The topological polar surface area (TPSA) is 39.2 Å². The number of ether oxygens (including phenoxy) is 1. The number of halogens is 2. The molecule has 1 heterocycles. The lowest BCUT2D eigenvalue weighted by Gasteiger charge is -2.08. The van der Waals surface area contributed by atoms with Gasteiger partial charge >= 0.3 is 5.97 Å². The van der Waals surface area contributed by atoms with E-state index in [2.05, 4.69) is 9.72 Å². The predicted octanol–water partition coefficient (Wildman–Crippen LogP) is 4.21. The van der Waals surface area contributed by atoms with Gasteiger partial charge in [-0.05, 0) is 19.1 Å². The van der Waals surface area contributed by atoms with Gasteiger partial charge in [-0.3, -0.25) is 0 Å². The molecule has 0 unspecified atom stereocenters. The summed E-state index contributed by atoms with van der Waals surface area (Å²) < 4.78 is 4.67. The van der Waals surface area contributed by atoms with E-state index in [0.29, 0.717) is 15.6 Å². The van der Waals surface area contributed by atoms with E-state index >= 15 is 0 Å². The molecule has 2 aromatic rings. The first-order chi connectivity index (χ1) is 8.54. The largest absolute Gasteiger partial charge is 0.465 e. The van der Waals surface area contributed by atoms with E-state index in [9.17, 15) is 4.79 Å². The molecule has 94 valence electrons. The molecule has 0 aliphatic heterocycles. The fourth-order valence-corrected chi connectivity index (χ4v) is 3.09. The molecular weight excluding hydrogens is 293 g/mol. The van der Waals surface area contributed by atoms with Crippen molar-refractivity contribution >= 4 is 40.5 Å². The van der Waals surface area contributed by atoms with Crippen molar-refractivity contribution in [2.45, 2.75) is 6.92 Å². The number of hydrogen-bond acceptors (Lipinski definition) is 4. The molecule has 0 fully saturated rings. The Balaban J connectivity index is 2.63. The van der Waals surface area contributed by atoms with Crippen LogP contribution in [0.25, 0.3) is 10.6 Å². The van der Waals surface area contributed by atoms with Gasteiger partial charge in [0.15, 0.2) is 0 Å². The average Bonchev–Trinajstić information content (AvgIpc) is 2.75. The highest BCUT2D eigenvalue weighted by Crippen LogP contribution is 2.38. The van der Waals surface area contributed by atoms with Crippen LogP contribution in [0, 0.1) is 6.92 Å². The van der Waals surface area contributed by atoms with Crippen molar-refractivity contribution in [3.8, 4) is 10.6 Å². The number of hydrogen-bond donors (Lipinski definition) is 0. The number of nitrogens with zero attached hydrogens (tertiary/aromatic N) is 1. The third-order valence-corrected chi connectivity index (χ3v) is 4.01. The summed E-state index contributed by atoms with van der Waals surface area (Å²) in [6, 6.07) is 3.16. The first-order valence-electron chi connectivity index (χ1n) is 5.03. The summed E-state index contributed by atoms with van der Waals surface area (Å²) in [7, 11) is 1.31. The number of methoxy groups -OCH3 is 1. The van der Waals surface area contributed by atoms with Crippen LogP contribution in [0.5, 0.6) is 0 Å². The maximum absolute atomic E-state index is 11.6. The molecule has 0 N–H and O–H groups in total. The van der Waals surface area contributed by atoms with Crippen molar-refractivity contribution < 1.29 is 9.53 Å². The Hall–Kier alpha value is -1.10. The lowest BCUT2D eigenvalue weighted by atomic mass is 10.1. The fraction of sp³-hybridized carbons (Fsp3) is 0.167. The number of esters is 1. The van der Waals surface area contributed by atoms with Gasteiger partial charge in [0, 0.05) is 16.6 Å². The summed E-state index contributed by atoms with van der Waals surface area (Å²) in [5, 5.41) is 3.31. The van der Waals surface area contributed by atoms with Crippen LogP contribution < -0.4 is 0 Å². The Morgan fingerprint density at radius 1 is 1.39 bits per heavy atom. The fourth-order valence-electron chi connectivity index (χ4n) is 1.48. The summed E-state index contributed by atoms with van der Waals surface area (Å²) in [5.41, 5.74) is 1.73. The molecule has 0 bridgehead atoms. The zero-order valence-electron chi connectivity index (χ0n) is 9.66. The molecule has 0 atom stereocenters. The zero-order valence-corrected chi connectivity index (χ0v) is 12.0. The number of aromatic nitrogens is 1. The van der Waals surface area contributed by atoms with Crippen molar-refractivity contribution in [2.75, 3.05) is 7.11 Å². The minimum Gasteiger partial charge on any atom is -0.465 e. The lowest BCUT2D eigenvalue weighted by molar-refractivity contribution is 0.0601. The van der Waals surface area contributed by atoms with E-state index < -0.39 is 5.97 Å². The highest BCUT2D eigenvalue weighted by Gasteiger charge is 2.19. The second kappa shape index (κ2) is 5.26. The summed E-state index contributed by atoms with van der Waals surface area (Å²) in [4.78, 5) is 15.9. The number of carbonyl (C=O) groups excluding carboxylic acids is 1. The number of benzene rings is 1. The Labute approximate surface area is 118 Å². The predicted molar refractivity (Wildman–Crippen MR) is 73.6 cm³/mol. The molecule has 0 spiro atoms. The van der Waals surface area contributed by atoms with E-state index in [4.69, 9.17) is 23.2 Å². The van der Waals surface area contributed by atoms with Crippen LogP contribution >= 0.6 is 34.5 Å². The van der Waals surface area contributed by atoms with Crippen molar-refractivity contribution in [2.24, 2.45) is 0 Å². The Morgan fingerprint density at radius 3 is 2.67 bits per heavy atom. The standard InChI is InChI=1S/C12H9Cl2NO2S/c1-6-5-18-11(15-6)9-8(13)4-3-7(10(9)14)12(16)17-2/h3-5H,1-2H3. The van der Waals surface area contributed by atoms with Gasteiger partial charge in [-0.2, -0.15) is 0 Å². The quantitative estimate of drug-likeness (QED) is 0.780. The van der Waals surface area contributed by atoms with E-state index in [1.807, 2.05) is 12.3 Å². The molecule has 0 radical (unpaired) electrons. The average molecular weight is 302 g/mol. The maximum Gasteiger partial charge on any atom is 0.339 e. The molecule has 18 heavy (non-hydrogen) atoms. The van der Waals surface area contributed by atoms with Gasteiger partial charge < -0.3 is 4.74 Å². The van der Waals surface area contributed by atoms with Crippen LogP contribution in [0.2, 0.25) is 10.0 Å². The van der Waals surface area contributed by atoms with Gasteiger partial charge in [0.05, 0.1) is 22.7 Å². The van der Waals surface area contributed by atoms with Gasteiger partial charge in [-0.25, -0.2) is 9.78 Å². The molecular formula is C12H9Cl2NO2S. The van der Waals surface area contributed by atoms with Crippen molar-refractivity contribution in [1.82, 2.24) is 4.98 Å². The summed E-state index contributed by atoms with van der Waals surface area (Å²) in [6.07, 6.45) is 0. The normalized spacial score (nSPS) is 10.4. The second-order valence-electron chi connectivity index (χ2n) is 3.57. The van der Waals surface area contributed by atoms with Crippen LogP contribution in [-0.4, -0.2) is 18.1 Å². The van der Waals surface area contributed by atoms with E-state index in [0.717, 1.165) is 5.69 Å². The van der Waals surface area contributed by atoms with Gasteiger partial charge in [0.2, 0.25) is 0 Å². The number of thiazole rings is 1. The molecule has 0 saturated heterocycles. The third kappa shape index (κ3) is 2.36. The molecule has 0 amide bonds. The summed E-state index contributed by atoms with van der Waals surface area (Å²) in [6.45, 7) is 1.88. The van der Waals surface area contributed by atoms with Crippen LogP contribution in [0.1, 0.15) is 16.1 Å². The Bertz CT molecular complexity index is 610. The lowest BCUT2D eigenvalue weighted by Crippen LogP contribution is -2.03. The molecule has 0 saturated carbocycles. The molecule has 1 aromatic heterocycles. The molecule has 3 nitrogen and oxygen atoms in total. The number of aryl methyl sites for hydroxylation is 1. The number of rotatable bonds is 2. The minimum absolute atomic E-state index is 0.267. The van der Waals surface area contributed by atoms with Crippen molar-refractivity contribution in [3.63, 3.8) is 0 Å². The summed E-state index contributed by atoms with van der Waals surface area (Å²) in [5.74, 6) is -0.494. The van der Waals surface area contributed by atoms with Crippen LogP contribution in [-0.2, 0) is 4.74 Å². The highest BCUT2D eigenvalue weighted by atomic mass is 35.5. The van der Waals surface area contributed by atoms with Crippen molar-refractivity contribution in [1.29, 1.82) is 0 Å². The van der Waals surface area contributed by atoms with Gasteiger partial charge in [-0.1, -0.05) is 23.2 Å². The Kier molecular flexibility index (Phi) is 3.90. The summed E-state index contributed by atoms with van der Waals surface area (Å²) >= 11 is 13.8.